The predicted octanol–water partition coefficient (Wildman–Crippen LogP) is 4.08. The molecule has 0 radical (unpaired) electrons. The molecule has 0 spiro atoms. The van der Waals surface area contributed by atoms with E-state index in [-0.39, 0.29) is 16.9 Å². The molecule has 4 fully saturated rings. The Morgan fingerprint density at radius 3 is 2.59 bits per heavy atom. The second kappa shape index (κ2) is 6.81. The van der Waals surface area contributed by atoms with Gasteiger partial charge in [-0.25, -0.2) is 0 Å². The number of hydroxylamine groups is 1. The minimum atomic E-state index is -0.209. The van der Waals surface area contributed by atoms with Crippen molar-refractivity contribution in [3.05, 3.63) is 0 Å². The number of hydrogen-bond donors (Lipinski definition) is 2. The lowest BCUT2D eigenvalue weighted by Crippen LogP contribution is -2.64. The van der Waals surface area contributed by atoms with E-state index >= 15 is 0 Å². The van der Waals surface area contributed by atoms with Crippen molar-refractivity contribution in [2.24, 2.45) is 45.7 Å². The van der Waals surface area contributed by atoms with E-state index in [1.54, 1.807) is 0 Å². The summed E-state index contributed by atoms with van der Waals surface area (Å²) in [5.41, 5.74) is 9.30. The van der Waals surface area contributed by atoms with Crippen LogP contribution in [0.2, 0.25) is 0 Å². The molecular formula is C23H40N2O2. The van der Waals surface area contributed by atoms with Crippen LogP contribution in [0.3, 0.4) is 0 Å². The molecule has 154 valence electrons. The molecule has 7 atom stereocenters. The maximum atomic E-state index is 13.3. The molecular weight excluding hydrogens is 336 g/mol. The Morgan fingerprint density at radius 1 is 1.07 bits per heavy atom. The van der Waals surface area contributed by atoms with Gasteiger partial charge in [-0.05, 0) is 78.4 Å². The summed E-state index contributed by atoms with van der Waals surface area (Å²) < 4.78 is 0. The van der Waals surface area contributed by atoms with Crippen LogP contribution in [-0.4, -0.2) is 25.0 Å². The Balaban J connectivity index is 1.59. The van der Waals surface area contributed by atoms with Crippen molar-refractivity contribution < 1.29 is 9.63 Å². The van der Waals surface area contributed by atoms with Crippen molar-refractivity contribution in [3.63, 3.8) is 0 Å². The summed E-state index contributed by atoms with van der Waals surface area (Å²) in [7, 11) is 0. The van der Waals surface area contributed by atoms with E-state index in [1.165, 1.54) is 44.9 Å². The van der Waals surface area contributed by atoms with Crippen LogP contribution in [0.1, 0.15) is 79.1 Å². The van der Waals surface area contributed by atoms with Crippen LogP contribution in [0.5, 0.6) is 0 Å². The van der Waals surface area contributed by atoms with Crippen LogP contribution in [0.25, 0.3) is 0 Å². The Hall–Kier alpha value is -0.450. The molecule has 0 aromatic rings. The average Bonchev–Trinajstić information content (AvgIpc) is 2.99. The zero-order valence-electron chi connectivity index (χ0n) is 17.9. The van der Waals surface area contributed by atoms with Crippen LogP contribution in [0, 0.1) is 39.9 Å². The molecule has 0 aromatic heterocycles. The number of nitrogens with two attached hydrogens (primary N) is 1. The van der Waals surface area contributed by atoms with Gasteiger partial charge < -0.3 is 5.73 Å². The van der Waals surface area contributed by atoms with Gasteiger partial charge in [0.25, 0.3) is 0 Å². The summed E-state index contributed by atoms with van der Waals surface area (Å²) in [5, 5.41) is 0. The van der Waals surface area contributed by atoms with Crippen molar-refractivity contribution >= 4 is 5.78 Å². The fourth-order valence-corrected chi connectivity index (χ4v) is 8.44. The highest BCUT2D eigenvalue weighted by atomic mass is 16.6. The first-order valence-corrected chi connectivity index (χ1v) is 11.3. The molecule has 0 saturated heterocycles. The monoisotopic (exact) mass is 376 g/mol. The van der Waals surface area contributed by atoms with E-state index < -0.39 is 0 Å². The topological polar surface area (TPSA) is 64.3 Å². The summed E-state index contributed by atoms with van der Waals surface area (Å²) in [4.78, 5) is 18.8. The maximum absolute atomic E-state index is 13.3. The highest BCUT2D eigenvalue weighted by Crippen LogP contribution is 2.68. The summed E-state index contributed by atoms with van der Waals surface area (Å²) in [6.07, 6.45) is 10.3. The molecule has 4 rings (SSSR count). The molecule has 0 aliphatic heterocycles. The minimum absolute atomic E-state index is 0.0833. The van der Waals surface area contributed by atoms with E-state index in [4.69, 9.17) is 10.6 Å². The molecule has 4 aliphatic rings. The molecule has 2 unspecified atom stereocenters. The van der Waals surface area contributed by atoms with Gasteiger partial charge in [0, 0.05) is 13.0 Å². The SMILES string of the molecule is CC1(C)C(NOCCN)C(=O)C[C@@]2(C)C1CC[C@@H]1[C@H]2CC[C@]2(C)CCC[C@@H]12. The van der Waals surface area contributed by atoms with E-state index in [9.17, 15) is 4.79 Å². The van der Waals surface area contributed by atoms with Gasteiger partial charge >= 0.3 is 0 Å². The molecule has 4 nitrogen and oxygen atoms in total. The lowest BCUT2D eigenvalue weighted by molar-refractivity contribution is -0.175. The number of rotatable bonds is 4. The van der Waals surface area contributed by atoms with Crippen molar-refractivity contribution in [1.82, 2.24) is 5.48 Å². The Bertz CT molecular complexity index is 591. The largest absolute Gasteiger partial charge is 0.328 e. The molecule has 4 saturated carbocycles. The molecule has 0 amide bonds. The van der Waals surface area contributed by atoms with Gasteiger partial charge in [-0.3, -0.25) is 9.63 Å². The van der Waals surface area contributed by atoms with Crippen LogP contribution in [0.4, 0.5) is 0 Å². The molecule has 4 heteroatoms. The van der Waals surface area contributed by atoms with Gasteiger partial charge in [-0.15, -0.1) is 0 Å². The number of carbonyl (C=O) groups excluding carboxylic acids is 1. The number of ketones is 1. The standard InChI is InChI=1S/C23H40N2O2/c1-21(2)19-8-7-15-16-6-5-10-22(16,3)11-9-17(15)23(19,4)14-18(26)20(21)25-27-13-12-24/h15-17,19-20,25H,5-14,24H2,1-4H3/t15-,16-,17+,19?,20?,22-,23+/m0/s1. The first kappa shape index (κ1) is 19.8. The number of carbonyl (C=O) groups is 1. The summed E-state index contributed by atoms with van der Waals surface area (Å²) in [6, 6.07) is -0.209. The van der Waals surface area contributed by atoms with Gasteiger partial charge in [0.1, 0.15) is 0 Å². The molecule has 0 bridgehead atoms. The smallest absolute Gasteiger partial charge is 0.153 e. The molecule has 27 heavy (non-hydrogen) atoms. The fourth-order valence-electron chi connectivity index (χ4n) is 8.44. The third-order valence-corrected chi connectivity index (χ3v) is 9.59. The van der Waals surface area contributed by atoms with E-state index in [2.05, 4.69) is 33.2 Å². The predicted molar refractivity (Wildman–Crippen MR) is 108 cm³/mol. The highest BCUT2D eigenvalue weighted by Gasteiger charge is 2.63. The lowest BCUT2D eigenvalue weighted by Gasteiger charge is -2.64. The first-order valence-electron chi connectivity index (χ1n) is 11.3. The summed E-state index contributed by atoms with van der Waals surface area (Å²) >= 11 is 0. The number of nitrogens with one attached hydrogen (secondary N) is 1. The number of hydrogen-bond acceptors (Lipinski definition) is 4. The van der Waals surface area contributed by atoms with E-state index in [1.807, 2.05) is 0 Å². The van der Waals surface area contributed by atoms with Crippen molar-refractivity contribution in [2.45, 2.75) is 85.1 Å². The van der Waals surface area contributed by atoms with Crippen LogP contribution < -0.4 is 11.2 Å². The third kappa shape index (κ3) is 2.93. The van der Waals surface area contributed by atoms with E-state index in [0.29, 0.717) is 30.3 Å². The van der Waals surface area contributed by atoms with Crippen LogP contribution in [-0.2, 0) is 9.63 Å². The van der Waals surface area contributed by atoms with Gasteiger partial charge in [0.05, 0.1) is 12.6 Å². The van der Waals surface area contributed by atoms with Gasteiger partial charge in [-0.1, -0.05) is 34.1 Å². The molecule has 0 aromatic carbocycles. The van der Waals surface area contributed by atoms with Crippen LogP contribution in [0.15, 0.2) is 0 Å². The molecule has 4 aliphatic carbocycles. The Kier molecular flexibility index (Phi) is 5.01. The van der Waals surface area contributed by atoms with Crippen LogP contribution >= 0.6 is 0 Å². The van der Waals surface area contributed by atoms with Gasteiger partial charge in [0.2, 0.25) is 0 Å². The fraction of sp³-hybridized carbons (Fsp3) is 0.957. The average molecular weight is 377 g/mol. The zero-order valence-corrected chi connectivity index (χ0v) is 17.9. The quantitative estimate of drug-likeness (QED) is 0.573. The Labute approximate surface area is 165 Å². The lowest BCUT2D eigenvalue weighted by atomic mass is 9.41. The third-order valence-electron chi connectivity index (χ3n) is 9.59. The van der Waals surface area contributed by atoms with Crippen molar-refractivity contribution in [3.8, 4) is 0 Å². The second-order valence-corrected chi connectivity index (χ2v) is 11.2. The number of fused-ring (bicyclic) bond motifs is 5. The Morgan fingerprint density at radius 2 is 1.85 bits per heavy atom. The first-order chi connectivity index (χ1) is 12.7. The van der Waals surface area contributed by atoms with E-state index in [0.717, 1.165) is 24.2 Å². The second-order valence-electron chi connectivity index (χ2n) is 11.2. The minimum Gasteiger partial charge on any atom is -0.328 e. The molecule has 3 N–H and O–H groups in total. The normalized spacial score (nSPS) is 48.6. The summed E-state index contributed by atoms with van der Waals surface area (Å²) in [6.45, 7) is 10.5. The highest BCUT2D eigenvalue weighted by molar-refractivity contribution is 5.86. The van der Waals surface area contributed by atoms with Gasteiger partial charge in [0.15, 0.2) is 5.78 Å². The maximum Gasteiger partial charge on any atom is 0.153 e. The van der Waals surface area contributed by atoms with Gasteiger partial charge in [-0.2, -0.15) is 5.48 Å². The zero-order chi connectivity index (χ0) is 19.4. The van der Waals surface area contributed by atoms with Crippen molar-refractivity contribution in [1.29, 1.82) is 0 Å². The summed E-state index contributed by atoms with van der Waals surface area (Å²) in [5.74, 6) is 3.39. The van der Waals surface area contributed by atoms with Crippen molar-refractivity contribution in [2.75, 3.05) is 13.2 Å². The molecule has 0 heterocycles. The number of Topliss-reactive ketones (excluding diaryl/α,β-unsaturated/α-hetero) is 1.